The Morgan fingerprint density at radius 2 is 2.15 bits per heavy atom. The fourth-order valence-corrected chi connectivity index (χ4v) is 2.36. The molecule has 0 aromatic heterocycles. The van der Waals surface area contributed by atoms with Gasteiger partial charge in [0.05, 0.1) is 0 Å². The van der Waals surface area contributed by atoms with Crippen LogP contribution in [-0.4, -0.2) is 12.6 Å². The van der Waals surface area contributed by atoms with E-state index in [1.165, 1.54) is 38.6 Å². The van der Waals surface area contributed by atoms with Gasteiger partial charge in [0.25, 0.3) is 0 Å². The van der Waals surface area contributed by atoms with Crippen LogP contribution in [0.25, 0.3) is 0 Å². The average molecular weight is 183 g/mol. The highest BCUT2D eigenvalue weighted by atomic mass is 14.9. The normalized spacial score (nSPS) is 30.7. The first-order chi connectivity index (χ1) is 6.22. The summed E-state index contributed by atoms with van der Waals surface area (Å²) >= 11 is 0. The van der Waals surface area contributed by atoms with Crippen LogP contribution in [0.4, 0.5) is 0 Å². The largest absolute Gasteiger partial charge is 0.314 e. The van der Waals surface area contributed by atoms with Gasteiger partial charge in [-0.3, -0.25) is 0 Å². The zero-order chi connectivity index (χ0) is 9.68. The predicted molar refractivity (Wildman–Crippen MR) is 58.9 cm³/mol. The van der Waals surface area contributed by atoms with E-state index in [9.17, 15) is 0 Å². The maximum Gasteiger partial charge on any atom is 0.00698 e. The van der Waals surface area contributed by atoms with Gasteiger partial charge in [-0.25, -0.2) is 0 Å². The highest BCUT2D eigenvalue weighted by Gasteiger charge is 2.20. The molecule has 1 aliphatic rings. The van der Waals surface area contributed by atoms with Gasteiger partial charge in [-0.05, 0) is 44.1 Å². The zero-order valence-corrected chi connectivity index (χ0v) is 9.47. The first-order valence-corrected chi connectivity index (χ1v) is 5.95. The minimum absolute atomic E-state index is 0.828. The molecule has 0 aromatic carbocycles. The predicted octanol–water partition coefficient (Wildman–Crippen LogP) is 3.20. The fraction of sp³-hybridized carbons (Fsp3) is 1.00. The zero-order valence-electron chi connectivity index (χ0n) is 9.47. The Morgan fingerprint density at radius 3 is 2.69 bits per heavy atom. The molecule has 1 saturated carbocycles. The monoisotopic (exact) mass is 183 g/mol. The van der Waals surface area contributed by atoms with Crippen molar-refractivity contribution >= 4 is 0 Å². The second-order valence-electron chi connectivity index (χ2n) is 4.92. The molecule has 0 heterocycles. The maximum absolute atomic E-state index is 3.70. The molecular weight excluding hydrogens is 158 g/mol. The summed E-state index contributed by atoms with van der Waals surface area (Å²) in [7, 11) is 0. The summed E-state index contributed by atoms with van der Waals surface area (Å²) in [5.74, 6) is 1.82. The Bertz CT molecular complexity index is 133. The summed E-state index contributed by atoms with van der Waals surface area (Å²) in [5, 5.41) is 3.70. The Labute approximate surface area is 83.3 Å². The van der Waals surface area contributed by atoms with Crippen LogP contribution in [0, 0.1) is 11.8 Å². The lowest BCUT2D eigenvalue weighted by molar-refractivity contribution is 0.421. The van der Waals surface area contributed by atoms with Crippen LogP contribution in [0.3, 0.4) is 0 Å². The third kappa shape index (κ3) is 4.12. The molecule has 0 aromatic rings. The first-order valence-electron chi connectivity index (χ1n) is 5.95. The van der Waals surface area contributed by atoms with E-state index >= 15 is 0 Å². The summed E-state index contributed by atoms with van der Waals surface area (Å²) in [5.41, 5.74) is 0. The Morgan fingerprint density at radius 1 is 1.38 bits per heavy atom. The molecule has 1 nitrogen and oxygen atoms in total. The Kier molecular flexibility index (Phi) is 4.79. The van der Waals surface area contributed by atoms with Crippen molar-refractivity contribution < 1.29 is 0 Å². The molecule has 13 heavy (non-hydrogen) atoms. The highest BCUT2D eigenvalue weighted by molar-refractivity contribution is 4.78. The van der Waals surface area contributed by atoms with Crippen molar-refractivity contribution in [1.82, 2.24) is 5.32 Å². The molecule has 0 aliphatic heterocycles. The quantitative estimate of drug-likeness (QED) is 0.690. The molecule has 0 amide bonds. The number of nitrogens with one attached hydrogen (secondary N) is 1. The fourth-order valence-electron chi connectivity index (χ4n) is 2.36. The van der Waals surface area contributed by atoms with Crippen LogP contribution < -0.4 is 5.32 Å². The molecule has 3 atom stereocenters. The van der Waals surface area contributed by atoms with Crippen LogP contribution in [0.15, 0.2) is 0 Å². The molecule has 1 rings (SSSR count). The lowest BCUT2D eigenvalue weighted by Gasteiger charge is -2.16. The van der Waals surface area contributed by atoms with E-state index in [0.29, 0.717) is 0 Å². The molecule has 78 valence electrons. The van der Waals surface area contributed by atoms with Crippen LogP contribution in [-0.2, 0) is 0 Å². The van der Waals surface area contributed by atoms with Crippen molar-refractivity contribution in [3.8, 4) is 0 Å². The Balaban J connectivity index is 2.05. The van der Waals surface area contributed by atoms with E-state index in [4.69, 9.17) is 0 Å². The third-order valence-electron chi connectivity index (χ3n) is 3.23. The van der Waals surface area contributed by atoms with Crippen LogP contribution in [0.5, 0.6) is 0 Å². The van der Waals surface area contributed by atoms with Gasteiger partial charge in [0.2, 0.25) is 0 Å². The van der Waals surface area contributed by atoms with Crippen molar-refractivity contribution in [2.75, 3.05) is 6.54 Å². The lowest BCUT2D eigenvalue weighted by atomic mass is 10.1. The second-order valence-corrected chi connectivity index (χ2v) is 4.92. The van der Waals surface area contributed by atoms with Crippen LogP contribution in [0.1, 0.15) is 52.9 Å². The van der Waals surface area contributed by atoms with Crippen LogP contribution in [0.2, 0.25) is 0 Å². The molecule has 0 spiro atoms. The van der Waals surface area contributed by atoms with Gasteiger partial charge >= 0.3 is 0 Å². The summed E-state index contributed by atoms with van der Waals surface area (Å²) in [6.45, 7) is 8.23. The minimum atomic E-state index is 0.828. The number of rotatable bonds is 5. The standard InChI is InChI=1S/C12H25N/c1-4-5-11(3)9-13-12-7-6-10(2)8-12/h10-13H,4-9H2,1-3H3. The van der Waals surface area contributed by atoms with Crippen molar-refractivity contribution in [2.24, 2.45) is 11.8 Å². The molecule has 1 fully saturated rings. The lowest BCUT2D eigenvalue weighted by Crippen LogP contribution is -2.30. The van der Waals surface area contributed by atoms with Gasteiger partial charge in [-0.15, -0.1) is 0 Å². The summed E-state index contributed by atoms with van der Waals surface area (Å²) in [4.78, 5) is 0. The summed E-state index contributed by atoms with van der Waals surface area (Å²) in [6, 6.07) is 0.828. The van der Waals surface area contributed by atoms with Gasteiger partial charge in [-0.1, -0.05) is 27.2 Å². The SMILES string of the molecule is CCCC(C)CNC1CCC(C)C1. The van der Waals surface area contributed by atoms with Gasteiger partial charge in [0.1, 0.15) is 0 Å². The van der Waals surface area contributed by atoms with Crippen molar-refractivity contribution in [2.45, 2.75) is 58.9 Å². The minimum Gasteiger partial charge on any atom is -0.314 e. The molecule has 0 saturated heterocycles. The second kappa shape index (κ2) is 5.64. The topological polar surface area (TPSA) is 12.0 Å². The van der Waals surface area contributed by atoms with E-state index in [1.807, 2.05) is 0 Å². The average Bonchev–Trinajstić information content (AvgIpc) is 2.49. The van der Waals surface area contributed by atoms with Crippen molar-refractivity contribution in [3.05, 3.63) is 0 Å². The van der Waals surface area contributed by atoms with E-state index in [0.717, 1.165) is 17.9 Å². The molecule has 0 bridgehead atoms. The van der Waals surface area contributed by atoms with Gasteiger partial charge in [-0.2, -0.15) is 0 Å². The van der Waals surface area contributed by atoms with Crippen molar-refractivity contribution in [1.29, 1.82) is 0 Å². The third-order valence-corrected chi connectivity index (χ3v) is 3.23. The smallest absolute Gasteiger partial charge is 0.00698 e. The van der Waals surface area contributed by atoms with E-state index in [1.54, 1.807) is 0 Å². The molecule has 1 aliphatic carbocycles. The van der Waals surface area contributed by atoms with E-state index < -0.39 is 0 Å². The number of hydrogen-bond donors (Lipinski definition) is 1. The van der Waals surface area contributed by atoms with Gasteiger partial charge < -0.3 is 5.32 Å². The summed E-state index contributed by atoms with van der Waals surface area (Å²) < 4.78 is 0. The first kappa shape index (κ1) is 11.0. The van der Waals surface area contributed by atoms with Crippen molar-refractivity contribution in [3.63, 3.8) is 0 Å². The highest BCUT2D eigenvalue weighted by Crippen LogP contribution is 2.24. The van der Waals surface area contributed by atoms with E-state index in [-0.39, 0.29) is 0 Å². The van der Waals surface area contributed by atoms with Gasteiger partial charge in [0.15, 0.2) is 0 Å². The number of hydrogen-bond acceptors (Lipinski definition) is 1. The van der Waals surface area contributed by atoms with E-state index in [2.05, 4.69) is 26.1 Å². The van der Waals surface area contributed by atoms with Gasteiger partial charge in [0, 0.05) is 6.04 Å². The molecular formula is C12H25N. The van der Waals surface area contributed by atoms with Crippen LogP contribution >= 0.6 is 0 Å². The molecule has 1 heteroatoms. The maximum atomic E-state index is 3.70. The molecule has 3 unspecified atom stereocenters. The Hall–Kier alpha value is -0.0400. The molecule has 1 N–H and O–H groups in total. The summed E-state index contributed by atoms with van der Waals surface area (Å²) in [6.07, 6.45) is 6.93. The molecule has 0 radical (unpaired) electrons.